The van der Waals surface area contributed by atoms with E-state index in [1.165, 1.54) is 30.3 Å². The van der Waals surface area contributed by atoms with Crippen LogP contribution < -0.4 is 4.74 Å². The van der Waals surface area contributed by atoms with E-state index >= 15 is 0 Å². The van der Waals surface area contributed by atoms with Gasteiger partial charge in [-0.15, -0.1) is 0 Å². The van der Waals surface area contributed by atoms with Crippen molar-refractivity contribution in [3.63, 3.8) is 0 Å². The van der Waals surface area contributed by atoms with E-state index in [9.17, 15) is 13.7 Å². The highest BCUT2D eigenvalue weighted by molar-refractivity contribution is 7.95. The first-order chi connectivity index (χ1) is 13.9. The molecular weight excluding hydrogens is 406 g/mol. The Kier molecular flexibility index (Phi) is 6.38. The summed E-state index contributed by atoms with van der Waals surface area (Å²) in [6, 6.07) is 22.4. The summed E-state index contributed by atoms with van der Waals surface area (Å²) in [5.74, 6) is 0.657. The molecule has 0 atom stereocenters. The Morgan fingerprint density at radius 3 is 2.31 bits per heavy atom. The normalized spacial score (nSPS) is 11.7. The first kappa shape index (κ1) is 20.7. The summed E-state index contributed by atoms with van der Waals surface area (Å²) in [7, 11) is -3.92. The molecule has 0 aromatic heterocycles. The van der Waals surface area contributed by atoms with Crippen LogP contribution in [0.25, 0.3) is 6.08 Å². The second kappa shape index (κ2) is 8.95. The maximum Gasteiger partial charge on any atom is 0.216 e. The monoisotopic (exact) mass is 423 g/mol. The second-order valence-corrected chi connectivity index (χ2v) is 8.72. The van der Waals surface area contributed by atoms with E-state index in [2.05, 4.69) is 0 Å². The molecule has 3 rings (SSSR count). The lowest BCUT2D eigenvalue weighted by atomic mass is 10.1. The number of nitrogens with zero attached hydrogens (tertiary/aromatic N) is 1. The molecule has 0 saturated carbocycles. The molecule has 0 radical (unpaired) electrons. The summed E-state index contributed by atoms with van der Waals surface area (Å²) in [5.41, 5.74) is 2.83. The summed E-state index contributed by atoms with van der Waals surface area (Å²) < 4.78 is 31.1. The van der Waals surface area contributed by atoms with Crippen LogP contribution in [-0.4, -0.2) is 8.42 Å². The van der Waals surface area contributed by atoms with E-state index < -0.39 is 9.84 Å². The first-order valence-electron chi connectivity index (χ1n) is 8.80. The Labute approximate surface area is 175 Å². The highest BCUT2D eigenvalue weighted by Gasteiger charge is 2.20. The highest BCUT2D eigenvalue weighted by Crippen LogP contribution is 2.24. The van der Waals surface area contributed by atoms with Crippen molar-refractivity contribution < 1.29 is 13.2 Å². The van der Waals surface area contributed by atoms with Gasteiger partial charge in [-0.2, -0.15) is 5.26 Å². The Balaban J connectivity index is 1.77. The molecule has 0 unspecified atom stereocenters. The van der Waals surface area contributed by atoms with Crippen LogP contribution in [0.5, 0.6) is 5.75 Å². The van der Waals surface area contributed by atoms with Crippen molar-refractivity contribution in [2.24, 2.45) is 0 Å². The number of rotatable bonds is 6. The van der Waals surface area contributed by atoms with E-state index in [-0.39, 0.29) is 9.80 Å². The van der Waals surface area contributed by atoms with Gasteiger partial charge in [0.15, 0.2) is 0 Å². The van der Waals surface area contributed by atoms with E-state index in [0.717, 1.165) is 11.1 Å². The van der Waals surface area contributed by atoms with Gasteiger partial charge >= 0.3 is 0 Å². The quantitative estimate of drug-likeness (QED) is 0.486. The van der Waals surface area contributed by atoms with Crippen LogP contribution in [0.1, 0.15) is 16.7 Å². The molecule has 29 heavy (non-hydrogen) atoms. The predicted molar refractivity (Wildman–Crippen MR) is 114 cm³/mol. The second-order valence-electron chi connectivity index (χ2n) is 6.36. The molecule has 0 fully saturated rings. The van der Waals surface area contributed by atoms with Crippen molar-refractivity contribution in [1.29, 1.82) is 5.26 Å². The fourth-order valence-corrected chi connectivity index (χ4v) is 3.94. The smallest absolute Gasteiger partial charge is 0.216 e. The number of ether oxygens (including phenoxy) is 1. The zero-order chi connectivity index (χ0) is 20.9. The number of aryl methyl sites for hydroxylation is 1. The van der Waals surface area contributed by atoms with Crippen LogP contribution in [-0.2, 0) is 16.4 Å². The lowest BCUT2D eigenvalue weighted by Gasteiger charge is -2.09. The lowest BCUT2D eigenvalue weighted by molar-refractivity contribution is 0.305. The Morgan fingerprint density at radius 2 is 1.69 bits per heavy atom. The minimum atomic E-state index is -3.92. The molecule has 3 aromatic carbocycles. The summed E-state index contributed by atoms with van der Waals surface area (Å²) in [6.45, 7) is 2.47. The fourth-order valence-electron chi connectivity index (χ4n) is 2.66. The third-order valence-electron chi connectivity index (χ3n) is 4.36. The van der Waals surface area contributed by atoms with Crippen LogP contribution in [0.2, 0.25) is 5.02 Å². The van der Waals surface area contributed by atoms with Gasteiger partial charge in [0.1, 0.15) is 23.3 Å². The van der Waals surface area contributed by atoms with Gasteiger partial charge in [-0.05, 0) is 66.1 Å². The maximum atomic E-state index is 12.7. The summed E-state index contributed by atoms with van der Waals surface area (Å²) >= 11 is 5.81. The molecule has 0 spiro atoms. The van der Waals surface area contributed by atoms with Crippen LogP contribution in [0.3, 0.4) is 0 Å². The number of halogens is 1. The largest absolute Gasteiger partial charge is 0.489 e. The minimum Gasteiger partial charge on any atom is -0.489 e. The van der Waals surface area contributed by atoms with E-state index in [0.29, 0.717) is 22.9 Å². The summed E-state index contributed by atoms with van der Waals surface area (Å²) in [4.78, 5) is -0.318. The molecule has 3 aromatic rings. The van der Waals surface area contributed by atoms with Crippen molar-refractivity contribution in [3.05, 3.63) is 99.4 Å². The standard InChI is InChI=1S/C23H18ClNO3S/c1-17-4-2-3-5-19(17)16-28-21-10-6-18(7-11-21)14-23(15-25)29(26,27)22-12-8-20(24)9-13-22/h2-14H,16H2,1H3. The van der Waals surface area contributed by atoms with Crippen LogP contribution in [0, 0.1) is 18.3 Å². The van der Waals surface area contributed by atoms with Gasteiger partial charge in [0.2, 0.25) is 9.84 Å². The molecule has 146 valence electrons. The Bertz CT molecular complexity index is 1180. The Hall–Kier alpha value is -3.07. The lowest BCUT2D eigenvalue weighted by Crippen LogP contribution is -2.03. The minimum absolute atomic E-state index is 0.0212. The third kappa shape index (κ3) is 5.05. The maximum absolute atomic E-state index is 12.7. The molecule has 0 saturated heterocycles. The molecule has 6 heteroatoms. The van der Waals surface area contributed by atoms with Crippen LogP contribution >= 0.6 is 11.6 Å². The average Bonchev–Trinajstić information content (AvgIpc) is 2.72. The number of nitriles is 1. The molecule has 0 aliphatic carbocycles. The molecule has 0 aliphatic heterocycles. The molecular formula is C23H18ClNO3S. The van der Waals surface area contributed by atoms with E-state index in [4.69, 9.17) is 16.3 Å². The molecule has 0 aliphatic rings. The molecule has 0 amide bonds. The summed E-state index contributed by atoms with van der Waals surface area (Å²) in [6.07, 6.45) is 1.34. The van der Waals surface area contributed by atoms with Gasteiger partial charge in [-0.1, -0.05) is 48.0 Å². The third-order valence-corrected chi connectivity index (χ3v) is 6.29. The van der Waals surface area contributed by atoms with Gasteiger partial charge < -0.3 is 4.74 Å². The predicted octanol–water partition coefficient (Wildman–Crippen LogP) is 5.57. The number of allylic oxidation sites excluding steroid dienone is 1. The number of benzene rings is 3. The average molecular weight is 424 g/mol. The molecule has 0 heterocycles. The van der Waals surface area contributed by atoms with Crippen molar-refractivity contribution in [3.8, 4) is 11.8 Å². The SMILES string of the molecule is Cc1ccccc1COc1ccc(C=C(C#N)S(=O)(=O)c2ccc(Cl)cc2)cc1. The fraction of sp³-hybridized carbons (Fsp3) is 0.0870. The number of hydrogen-bond acceptors (Lipinski definition) is 4. The summed E-state index contributed by atoms with van der Waals surface area (Å²) in [5, 5.41) is 9.81. The van der Waals surface area contributed by atoms with Crippen LogP contribution in [0.15, 0.2) is 82.6 Å². The zero-order valence-electron chi connectivity index (χ0n) is 15.7. The topological polar surface area (TPSA) is 67.2 Å². The first-order valence-corrected chi connectivity index (χ1v) is 10.7. The van der Waals surface area contributed by atoms with E-state index in [1.807, 2.05) is 31.2 Å². The van der Waals surface area contributed by atoms with Gasteiger partial charge in [-0.3, -0.25) is 0 Å². The number of hydrogen-bond donors (Lipinski definition) is 0. The van der Waals surface area contributed by atoms with Gasteiger partial charge in [0, 0.05) is 5.02 Å². The zero-order valence-corrected chi connectivity index (χ0v) is 17.2. The molecule has 0 N–H and O–H groups in total. The van der Waals surface area contributed by atoms with E-state index in [1.54, 1.807) is 30.3 Å². The van der Waals surface area contributed by atoms with Crippen LogP contribution in [0.4, 0.5) is 0 Å². The van der Waals surface area contributed by atoms with Crippen molar-refractivity contribution in [1.82, 2.24) is 0 Å². The van der Waals surface area contributed by atoms with Crippen molar-refractivity contribution in [2.75, 3.05) is 0 Å². The van der Waals surface area contributed by atoms with Crippen molar-refractivity contribution in [2.45, 2.75) is 18.4 Å². The molecule has 0 bridgehead atoms. The Morgan fingerprint density at radius 1 is 1.03 bits per heavy atom. The highest BCUT2D eigenvalue weighted by atomic mass is 35.5. The number of sulfone groups is 1. The molecule has 4 nitrogen and oxygen atoms in total. The van der Waals surface area contributed by atoms with Crippen molar-refractivity contribution >= 4 is 27.5 Å². The van der Waals surface area contributed by atoms with Gasteiger partial charge in [0.25, 0.3) is 0 Å². The van der Waals surface area contributed by atoms with Gasteiger partial charge in [-0.25, -0.2) is 8.42 Å². The van der Waals surface area contributed by atoms with Gasteiger partial charge in [0.05, 0.1) is 4.90 Å².